The van der Waals surface area contributed by atoms with Gasteiger partial charge in [-0.3, -0.25) is 9.59 Å². The summed E-state index contributed by atoms with van der Waals surface area (Å²) < 4.78 is 5.13. The van der Waals surface area contributed by atoms with Gasteiger partial charge in [0.05, 0.1) is 0 Å². The van der Waals surface area contributed by atoms with Gasteiger partial charge >= 0.3 is 5.97 Å². The maximum Gasteiger partial charge on any atom is 0.334 e. The van der Waals surface area contributed by atoms with E-state index >= 15 is 0 Å². The van der Waals surface area contributed by atoms with Gasteiger partial charge in [0.2, 0.25) is 5.91 Å². The Balaban J connectivity index is 1.94. The summed E-state index contributed by atoms with van der Waals surface area (Å²) >= 11 is 1.06. The van der Waals surface area contributed by atoms with E-state index in [0.717, 1.165) is 11.8 Å². The van der Waals surface area contributed by atoms with E-state index in [1.165, 1.54) is 6.92 Å². The molecule has 1 aromatic carbocycles. The van der Waals surface area contributed by atoms with Crippen LogP contribution in [0, 0.1) is 0 Å². The SMILES string of the molecule is CC(=O)Nc1ccc(OC(=O)[C@@H]2CSC(=O)N2)cc1. The highest BCUT2D eigenvalue weighted by Gasteiger charge is 2.29. The number of amides is 2. The van der Waals surface area contributed by atoms with Crippen LogP contribution in [-0.4, -0.2) is 28.9 Å². The molecule has 1 aliphatic rings. The molecule has 1 aromatic rings. The molecule has 2 amide bonds. The van der Waals surface area contributed by atoms with E-state index in [-0.39, 0.29) is 11.1 Å². The Kier molecular flexibility index (Phi) is 4.06. The van der Waals surface area contributed by atoms with Crippen LogP contribution in [0.3, 0.4) is 0 Å². The third-order valence-electron chi connectivity index (χ3n) is 2.35. The van der Waals surface area contributed by atoms with Gasteiger partial charge in [0.15, 0.2) is 0 Å². The number of esters is 1. The van der Waals surface area contributed by atoms with Gasteiger partial charge in [-0.25, -0.2) is 4.79 Å². The summed E-state index contributed by atoms with van der Waals surface area (Å²) in [5, 5.41) is 4.89. The molecule has 1 atom stereocenters. The number of hydrogen-bond donors (Lipinski definition) is 2. The summed E-state index contributed by atoms with van der Waals surface area (Å²) in [7, 11) is 0. The van der Waals surface area contributed by atoms with E-state index in [1.54, 1.807) is 24.3 Å². The Labute approximate surface area is 113 Å². The lowest BCUT2D eigenvalue weighted by molar-refractivity contribution is -0.135. The molecular weight excluding hydrogens is 268 g/mol. The van der Waals surface area contributed by atoms with Crippen LogP contribution in [0.1, 0.15) is 6.92 Å². The first-order valence-corrected chi connectivity index (χ1v) is 6.56. The largest absolute Gasteiger partial charge is 0.425 e. The molecule has 19 heavy (non-hydrogen) atoms. The minimum Gasteiger partial charge on any atom is -0.425 e. The molecule has 1 heterocycles. The molecule has 0 bridgehead atoms. The standard InChI is InChI=1S/C12H12N2O4S/c1-7(15)13-8-2-4-9(5-3-8)18-11(16)10-6-19-12(17)14-10/h2-5,10H,6H2,1H3,(H,13,15)(H,14,17)/t10-/m0/s1. The van der Waals surface area contributed by atoms with Crippen LogP contribution in [0.25, 0.3) is 0 Å². The molecule has 0 unspecified atom stereocenters. The molecule has 0 aliphatic carbocycles. The van der Waals surface area contributed by atoms with Gasteiger partial charge in [-0.15, -0.1) is 0 Å². The Hall–Kier alpha value is -2.02. The molecule has 0 spiro atoms. The maximum absolute atomic E-state index is 11.7. The minimum atomic E-state index is -0.604. The number of carbonyl (C=O) groups excluding carboxylic acids is 3. The monoisotopic (exact) mass is 280 g/mol. The van der Waals surface area contributed by atoms with Gasteiger partial charge in [-0.1, -0.05) is 11.8 Å². The fourth-order valence-electron chi connectivity index (χ4n) is 1.51. The van der Waals surface area contributed by atoms with Crippen molar-refractivity contribution < 1.29 is 19.1 Å². The summed E-state index contributed by atoms with van der Waals surface area (Å²) in [6.45, 7) is 1.41. The summed E-state index contributed by atoms with van der Waals surface area (Å²) in [4.78, 5) is 33.5. The van der Waals surface area contributed by atoms with Crippen molar-refractivity contribution in [1.29, 1.82) is 0 Å². The lowest BCUT2D eigenvalue weighted by Crippen LogP contribution is -2.37. The molecular formula is C12H12N2O4S. The van der Waals surface area contributed by atoms with Gasteiger partial charge in [-0.05, 0) is 24.3 Å². The first-order valence-electron chi connectivity index (χ1n) is 5.57. The van der Waals surface area contributed by atoms with Crippen LogP contribution in [0.15, 0.2) is 24.3 Å². The number of ether oxygens (including phenoxy) is 1. The van der Waals surface area contributed by atoms with Crippen molar-refractivity contribution in [2.45, 2.75) is 13.0 Å². The van der Waals surface area contributed by atoms with Gasteiger partial charge in [0, 0.05) is 18.4 Å². The quantitative estimate of drug-likeness (QED) is 0.645. The minimum absolute atomic E-state index is 0.171. The molecule has 100 valence electrons. The molecule has 2 rings (SSSR count). The van der Waals surface area contributed by atoms with E-state index < -0.39 is 12.0 Å². The van der Waals surface area contributed by atoms with Gasteiger partial charge in [0.1, 0.15) is 11.8 Å². The Morgan fingerprint density at radius 1 is 1.37 bits per heavy atom. The highest BCUT2D eigenvalue weighted by atomic mass is 32.2. The third kappa shape index (κ3) is 3.72. The summed E-state index contributed by atoms with van der Waals surface area (Å²) in [5.74, 6) is 0.0769. The van der Waals surface area contributed by atoms with E-state index in [2.05, 4.69) is 10.6 Å². The van der Waals surface area contributed by atoms with Crippen LogP contribution in [0.4, 0.5) is 10.5 Å². The first kappa shape index (κ1) is 13.4. The topological polar surface area (TPSA) is 84.5 Å². The highest BCUT2D eigenvalue weighted by Crippen LogP contribution is 2.18. The van der Waals surface area contributed by atoms with Crippen LogP contribution < -0.4 is 15.4 Å². The molecule has 1 fully saturated rings. The maximum atomic E-state index is 11.7. The number of anilines is 1. The number of hydrogen-bond acceptors (Lipinski definition) is 5. The molecule has 6 nitrogen and oxygen atoms in total. The van der Waals surface area contributed by atoms with Crippen molar-refractivity contribution in [3.8, 4) is 5.75 Å². The van der Waals surface area contributed by atoms with E-state index in [0.29, 0.717) is 17.2 Å². The zero-order chi connectivity index (χ0) is 13.8. The Morgan fingerprint density at radius 3 is 2.58 bits per heavy atom. The molecule has 0 radical (unpaired) electrons. The van der Waals surface area contributed by atoms with Crippen molar-refractivity contribution in [2.24, 2.45) is 0 Å². The number of nitrogens with one attached hydrogen (secondary N) is 2. The van der Waals surface area contributed by atoms with Crippen molar-refractivity contribution in [3.63, 3.8) is 0 Å². The van der Waals surface area contributed by atoms with Crippen LogP contribution in [-0.2, 0) is 9.59 Å². The fraction of sp³-hybridized carbons (Fsp3) is 0.250. The predicted molar refractivity (Wildman–Crippen MR) is 71.2 cm³/mol. The second kappa shape index (κ2) is 5.75. The van der Waals surface area contributed by atoms with Crippen LogP contribution in [0.5, 0.6) is 5.75 Å². The molecule has 7 heteroatoms. The fourth-order valence-corrected chi connectivity index (χ4v) is 2.27. The lowest BCUT2D eigenvalue weighted by Gasteiger charge is -2.09. The van der Waals surface area contributed by atoms with Crippen molar-refractivity contribution >= 4 is 34.6 Å². The molecule has 1 aliphatic heterocycles. The third-order valence-corrected chi connectivity index (χ3v) is 3.23. The summed E-state index contributed by atoms with van der Waals surface area (Å²) in [5.41, 5.74) is 0.622. The van der Waals surface area contributed by atoms with Gasteiger partial charge < -0.3 is 15.4 Å². The second-order valence-corrected chi connectivity index (χ2v) is 4.91. The smallest absolute Gasteiger partial charge is 0.334 e. The zero-order valence-electron chi connectivity index (χ0n) is 10.1. The first-order chi connectivity index (χ1) is 9.04. The summed E-state index contributed by atoms with van der Waals surface area (Å²) in [6, 6.07) is 5.81. The van der Waals surface area contributed by atoms with Gasteiger partial charge in [-0.2, -0.15) is 0 Å². The van der Waals surface area contributed by atoms with Gasteiger partial charge in [0.25, 0.3) is 5.24 Å². The van der Waals surface area contributed by atoms with Crippen molar-refractivity contribution in [1.82, 2.24) is 5.32 Å². The normalized spacial score (nSPS) is 17.7. The number of thioether (sulfide) groups is 1. The van der Waals surface area contributed by atoms with Crippen LogP contribution >= 0.6 is 11.8 Å². The van der Waals surface area contributed by atoms with E-state index in [9.17, 15) is 14.4 Å². The molecule has 0 aromatic heterocycles. The second-order valence-electron chi connectivity index (χ2n) is 3.92. The van der Waals surface area contributed by atoms with Crippen molar-refractivity contribution in [2.75, 3.05) is 11.1 Å². The van der Waals surface area contributed by atoms with E-state index in [1.807, 2.05) is 0 Å². The number of carbonyl (C=O) groups is 3. The number of rotatable bonds is 3. The van der Waals surface area contributed by atoms with Crippen LogP contribution in [0.2, 0.25) is 0 Å². The zero-order valence-corrected chi connectivity index (χ0v) is 11.0. The average Bonchev–Trinajstić information content (AvgIpc) is 2.78. The summed E-state index contributed by atoms with van der Waals surface area (Å²) in [6.07, 6.45) is 0. The Morgan fingerprint density at radius 2 is 2.05 bits per heavy atom. The van der Waals surface area contributed by atoms with E-state index in [4.69, 9.17) is 4.74 Å². The Bertz CT molecular complexity index is 515. The molecule has 0 saturated carbocycles. The predicted octanol–water partition coefficient (Wildman–Crippen LogP) is 1.38. The average molecular weight is 280 g/mol. The molecule has 1 saturated heterocycles. The number of benzene rings is 1. The van der Waals surface area contributed by atoms with Crippen molar-refractivity contribution in [3.05, 3.63) is 24.3 Å². The highest BCUT2D eigenvalue weighted by molar-refractivity contribution is 8.14. The lowest BCUT2D eigenvalue weighted by atomic mass is 10.3. The molecule has 2 N–H and O–H groups in total.